The molecule has 0 aromatic heterocycles. The van der Waals surface area contributed by atoms with Crippen molar-refractivity contribution >= 4 is 5.97 Å². The van der Waals surface area contributed by atoms with Crippen LogP contribution >= 0.6 is 0 Å². The highest BCUT2D eigenvalue weighted by molar-refractivity contribution is 5.68. The highest BCUT2D eigenvalue weighted by atomic mass is 19.1. The Bertz CT molecular complexity index is 430. The number of benzene rings is 1. The Hall–Kier alpha value is -1.42. The zero-order valence-electron chi connectivity index (χ0n) is 8.74. The van der Waals surface area contributed by atoms with Gasteiger partial charge >= 0.3 is 5.97 Å². The molecule has 0 heterocycles. The van der Waals surface area contributed by atoms with Gasteiger partial charge < -0.3 is 10.2 Å². The molecule has 1 atom stereocenters. The molecule has 0 radical (unpaired) electrons. The summed E-state index contributed by atoms with van der Waals surface area (Å²) in [5.41, 5.74) is 0.0969. The predicted molar refractivity (Wildman–Crippen MR) is 55.6 cm³/mol. The topological polar surface area (TPSA) is 57.5 Å². The maximum absolute atomic E-state index is 13.4. The third-order valence-corrected chi connectivity index (χ3v) is 3.06. The normalized spacial score (nSPS) is 23.9. The van der Waals surface area contributed by atoms with Gasteiger partial charge in [0.2, 0.25) is 0 Å². The first-order chi connectivity index (χ1) is 7.50. The summed E-state index contributed by atoms with van der Waals surface area (Å²) in [5, 5.41) is 18.8. The smallest absolute Gasteiger partial charge is 0.306 e. The molecule has 0 fully saturated rings. The Morgan fingerprint density at radius 3 is 2.94 bits per heavy atom. The Labute approximate surface area is 92.5 Å². The molecule has 1 aliphatic rings. The number of carboxylic acids is 1. The molecule has 1 aliphatic carbocycles. The van der Waals surface area contributed by atoms with E-state index in [4.69, 9.17) is 5.11 Å². The van der Waals surface area contributed by atoms with Gasteiger partial charge in [0.25, 0.3) is 0 Å². The van der Waals surface area contributed by atoms with Crippen molar-refractivity contribution in [3.8, 4) is 0 Å². The summed E-state index contributed by atoms with van der Waals surface area (Å²) in [7, 11) is 0. The van der Waals surface area contributed by atoms with E-state index in [0.29, 0.717) is 18.4 Å². The van der Waals surface area contributed by atoms with Gasteiger partial charge in [0.15, 0.2) is 0 Å². The van der Waals surface area contributed by atoms with Crippen LogP contribution in [0.4, 0.5) is 4.39 Å². The van der Waals surface area contributed by atoms with E-state index < -0.39 is 11.6 Å². The van der Waals surface area contributed by atoms with Gasteiger partial charge in [-0.1, -0.05) is 12.1 Å². The van der Waals surface area contributed by atoms with E-state index >= 15 is 0 Å². The first-order valence-corrected chi connectivity index (χ1v) is 5.21. The molecule has 0 saturated heterocycles. The van der Waals surface area contributed by atoms with Gasteiger partial charge in [-0.3, -0.25) is 4.79 Å². The van der Waals surface area contributed by atoms with Crippen molar-refractivity contribution in [2.45, 2.75) is 31.3 Å². The van der Waals surface area contributed by atoms with Crippen LogP contribution in [0.25, 0.3) is 0 Å². The minimum atomic E-state index is -1.23. The molecular formula is C12H13FO3. The molecule has 0 amide bonds. The molecule has 0 spiro atoms. The number of halogens is 1. The summed E-state index contributed by atoms with van der Waals surface area (Å²) in [6, 6.07) is 4.71. The Balaban J connectivity index is 2.27. The Morgan fingerprint density at radius 2 is 2.25 bits per heavy atom. The number of aliphatic hydroxyl groups is 1. The van der Waals surface area contributed by atoms with Gasteiger partial charge in [-0.2, -0.15) is 0 Å². The second-order valence-corrected chi connectivity index (χ2v) is 4.35. The van der Waals surface area contributed by atoms with E-state index in [1.165, 1.54) is 6.07 Å². The lowest BCUT2D eigenvalue weighted by atomic mass is 9.78. The Kier molecular flexibility index (Phi) is 2.68. The van der Waals surface area contributed by atoms with Crippen LogP contribution in [-0.2, 0) is 17.6 Å². The first kappa shape index (κ1) is 11.1. The molecule has 2 rings (SSSR count). The van der Waals surface area contributed by atoms with Crippen LogP contribution in [0.1, 0.15) is 24.0 Å². The summed E-state index contributed by atoms with van der Waals surface area (Å²) < 4.78 is 13.4. The van der Waals surface area contributed by atoms with Crippen molar-refractivity contribution in [3.63, 3.8) is 0 Å². The number of carbonyl (C=O) groups is 1. The maximum Gasteiger partial charge on any atom is 0.306 e. The summed E-state index contributed by atoms with van der Waals surface area (Å²) in [4.78, 5) is 10.6. The molecule has 0 bridgehead atoms. The van der Waals surface area contributed by atoms with Crippen LogP contribution < -0.4 is 0 Å². The second kappa shape index (κ2) is 3.87. The standard InChI is InChI=1S/C12H13FO3/c13-10-3-1-2-8-6-12(16,7-11(14)15)5-4-9(8)10/h1-3,16H,4-7H2,(H,14,15). The van der Waals surface area contributed by atoms with Gasteiger partial charge in [-0.15, -0.1) is 0 Å². The van der Waals surface area contributed by atoms with Gasteiger partial charge in [0, 0.05) is 6.42 Å². The summed E-state index contributed by atoms with van der Waals surface area (Å²) in [6.07, 6.45) is 0.619. The van der Waals surface area contributed by atoms with Gasteiger partial charge in [-0.05, 0) is 30.0 Å². The lowest BCUT2D eigenvalue weighted by Gasteiger charge is -2.32. The quantitative estimate of drug-likeness (QED) is 0.800. The van der Waals surface area contributed by atoms with Crippen LogP contribution in [0.3, 0.4) is 0 Å². The Morgan fingerprint density at radius 1 is 1.50 bits per heavy atom. The fraction of sp³-hybridized carbons (Fsp3) is 0.417. The average Bonchev–Trinajstić information content (AvgIpc) is 2.15. The predicted octanol–water partition coefficient (Wildman–Crippen LogP) is 1.52. The van der Waals surface area contributed by atoms with Crippen molar-refractivity contribution in [2.75, 3.05) is 0 Å². The molecule has 1 unspecified atom stereocenters. The van der Waals surface area contributed by atoms with Crippen LogP contribution in [0.5, 0.6) is 0 Å². The molecule has 1 aromatic carbocycles. The monoisotopic (exact) mass is 224 g/mol. The van der Waals surface area contributed by atoms with Crippen molar-refractivity contribution in [3.05, 3.63) is 35.1 Å². The minimum absolute atomic E-state index is 0.215. The molecule has 2 N–H and O–H groups in total. The summed E-state index contributed by atoms with van der Waals surface area (Å²) in [5.74, 6) is -1.29. The van der Waals surface area contributed by atoms with Crippen molar-refractivity contribution in [1.29, 1.82) is 0 Å². The van der Waals surface area contributed by atoms with Crippen molar-refractivity contribution in [2.24, 2.45) is 0 Å². The number of aliphatic carboxylic acids is 1. The fourth-order valence-corrected chi connectivity index (χ4v) is 2.28. The van der Waals surface area contributed by atoms with Crippen LogP contribution in [0.15, 0.2) is 18.2 Å². The number of hydrogen-bond acceptors (Lipinski definition) is 2. The first-order valence-electron chi connectivity index (χ1n) is 5.21. The van der Waals surface area contributed by atoms with Crippen LogP contribution in [0, 0.1) is 5.82 Å². The number of hydrogen-bond donors (Lipinski definition) is 2. The van der Waals surface area contributed by atoms with Gasteiger partial charge in [-0.25, -0.2) is 4.39 Å². The fourth-order valence-electron chi connectivity index (χ4n) is 2.28. The number of carboxylic acid groups (broad SMARTS) is 1. The summed E-state index contributed by atoms with van der Waals surface area (Å²) >= 11 is 0. The molecule has 3 nitrogen and oxygen atoms in total. The molecule has 1 aromatic rings. The van der Waals surface area contributed by atoms with E-state index in [1.807, 2.05) is 0 Å². The highest BCUT2D eigenvalue weighted by Gasteiger charge is 2.35. The molecule has 86 valence electrons. The van der Waals surface area contributed by atoms with E-state index in [0.717, 1.165) is 5.56 Å². The number of rotatable bonds is 2. The SMILES string of the molecule is O=C(O)CC1(O)CCc2c(F)cccc2C1. The molecular weight excluding hydrogens is 211 g/mol. The average molecular weight is 224 g/mol. The van der Waals surface area contributed by atoms with E-state index in [1.54, 1.807) is 12.1 Å². The van der Waals surface area contributed by atoms with E-state index in [-0.39, 0.29) is 18.7 Å². The zero-order valence-corrected chi connectivity index (χ0v) is 8.74. The lowest BCUT2D eigenvalue weighted by molar-refractivity contribution is -0.143. The third kappa shape index (κ3) is 2.07. The van der Waals surface area contributed by atoms with Gasteiger partial charge in [0.1, 0.15) is 5.82 Å². The number of fused-ring (bicyclic) bond motifs is 1. The van der Waals surface area contributed by atoms with Crippen molar-refractivity contribution < 1.29 is 19.4 Å². The largest absolute Gasteiger partial charge is 0.481 e. The maximum atomic E-state index is 13.4. The minimum Gasteiger partial charge on any atom is -0.481 e. The van der Waals surface area contributed by atoms with Crippen LogP contribution in [-0.4, -0.2) is 21.8 Å². The second-order valence-electron chi connectivity index (χ2n) is 4.35. The van der Waals surface area contributed by atoms with E-state index in [2.05, 4.69) is 0 Å². The van der Waals surface area contributed by atoms with Crippen molar-refractivity contribution in [1.82, 2.24) is 0 Å². The van der Waals surface area contributed by atoms with Crippen LogP contribution in [0.2, 0.25) is 0 Å². The van der Waals surface area contributed by atoms with Gasteiger partial charge in [0.05, 0.1) is 12.0 Å². The zero-order chi connectivity index (χ0) is 11.8. The molecule has 4 heteroatoms. The molecule has 0 saturated carbocycles. The highest BCUT2D eigenvalue weighted by Crippen LogP contribution is 2.32. The molecule has 0 aliphatic heterocycles. The lowest BCUT2D eigenvalue weighted by Crippen LogP contribution is -2.38. The van der Waals surface area contributed by atoms with E-state index in [9.17, 15) is 14.3 Å². The third-order valence-electron chi connectivity index (χ3n) is 3.06. The molecule has 16 heavy (non-hydrogen) atoms. The summed E-state index contributed by atoms with van der Waals surface area (Å²) in [6.45, 7) is 0.